The lowest BCUT2D eigenvalue weighted by atomic mass is 10.1. The topological polar surface area (TPSA) is 58.3 Å². The Labute approximate surface area is 62.6 Å². The lowest BCUT2D eigenvalue weighted by Crippen LogP contribution is -2.37. The molecule has 0 fully saturated rings. The average molecular weight is 146 g/mol. The summed E-state index contributed by atoms with van der Waals surface area (Å²) in [5.41, 5.74) is 5.36. The second-order valence-electron chi connectivity index (χ2n) is 2.53. The van der Waals surface area contributed by atoms with Gasteiger partial charge in [0.1, 0.15) is 6.23 Å². The maximum absolute atomic E-state index is 8.93. The molecule has 0 aliphatic heterocycles. The van der Waals surface area contributed by atoms with E-state index in [-0.39, 0.29) is 0 Å². The van der Waals surface area contributed by atoms with Crippen LogP contribution in [0.4, 0.5) is 0 Å². The Morgan fingerprint density at radius 2 is 2.20 bits per heavy atom. The first-order valence-electron chi connectivity index (χ1n) is 3.84. The third kappa shape index (κ3) is 4.73. The standard InChI is InChI=1S/C7H18N2O/c1-3-7(4-5-8)9-6(2)10/h6-7,9-10H,3-5,8H2,1-2H3. The van der Waals surface area contributed by atoms with Crippen LogP contribution in [0.1, 0.15) is 26.7 Å². The van der Waals surface area contributed by atoms with Crippen LogP contribution in [0.15, 0.2) is 0 Å². The molecule has 0 aliphatic carbocycles. The van der Waals surface area contributed by atoms with Gasteiger partial charge in [0, 0.05) is 6.04 Å². The van der Waals surface area contributed by atoms with E-state index < -0.39 is 6.23 Å². The van der Waals surface area contributed by atoms with Crippen molar-refractivity contribution in [1.82, 2.24) is 5.32 Å². The molecule has 0 saturated carbocycles. The van der Waals surface area contributed by atoms with Gasteiger partial charge in [-0.2, -0.15) is 0 Å². The largest absolute Gasteiger partial charge is 0.379 e. The quantitative estimate of drug-likeness (QED) is 0.480. The number of nitrogens with one attached hydrogen (secondary N) is 1. The molecule has 3 heteroatoms. The van der Waals surface area contributed by atoms with E-state index in [0.29, 0.717) is 12.6 Å². The van der Waals surface area contributed by atoms with Crippen LogP contribution in [-0.4, -0.2) is 23.9 Å². The summed E-state index contributed by atoms with van der Waals surface area (Å²) in [7, 11) is 0. The van der Waals surface area contributed by atoms with Crippen molar-refractivity contribution in [1.29, 1.82) is 0 Å². The third-order valence-corrected chi connectivity index (χ3v) is 1.48. The first-order chi connectivity index (χ1) is 4.70. The maximum Gasteiger partial charge on any atom is 0.102 e. The Morgan fingerprint density at radius 1 is 1.60 bits per heavy atom. The molecular weight excluding hydrogens is 128 g/mol. The predicted octanol–water partition coefficient (Wildman–Crippen LogP) is 0.0417. The normalized spacial score (nSPS) is 16.8. The molecule has 0 aliphatic rings. The highest BCUT2D eigenvalue weighted by atomic mass is 16.3. The molecule has 0 amide bonds. The van der Waals surface area contributed by atoms with Crippen LogP contribution in [0.3, 0.4) is 0 Å². The van der Waals surface area contributed by atoms with Gasteiger partial charge >= 0.3 is 0 Å². The first-order valence-corrected chi connectivity index (χ1v) is 3.84. The second kappa shape index (κ2) is 5.65. The summed E-state index contributed by atoms with van der Waals surface area (Å²) in [5, 5.41) is 11.9. The molecule has 0 aromatic rings. The van der Waals surface area contributed by atoms with Gasteiger partial charge in [-0.1, -0.05) is 6.92 Å². The fourth-order valence-electron chi connectivity index (χ4n) is 0.948. The Bertz CT molecular complexity index is 76.0. The van der Waals surface area contributed by atoms with Gasteiger partial charge in [0.2, 0.25) is 0 Å². The molecule has 62 valence electrons. The fraction of sp³-hybridized carbons (Fsp3) is 1.00. The number of aliphatic hydroxyl groups excluding tert-OH is 1. The van der Waals surface area contributed by atoms with Crippen LogP contribution in [-0.2, 0) is 0 Å². The van der Waals surface area contributed by atoms with Crippen molar-refractivity contribution in [2.45, 2.75) is 39.0 Å². The molecule has 0 aromatic carbocycles. The van der Waals surface area contributed by atoms with Crippen molar-refractivity contribution in [3.05, 3.63) is 0 Å². The summed E-state index contributed by atoms with van der Waals surface area (Å²) in [6.07, 6.45) is 1.53. The van der Waals surface area contributed by atoms with Crippen molar-refractivity contribution in [2.24, 2.45) is 5.73 Å². The smallest absolute Gasteiger partial charge is 0.102 e. The third-order valence-electron chi connectivity index (χ3n) is 1.48. The van der Waals surface area contributed by atoms with Crippen LogP contribution in [0.2, 0.25) is 0 Å². The Balaban J connectivity index is 3.39. The summed E-state index contributed by atoms with van der Waals surface area (Å²) < 4.78 is 0. The number of hydrogen-bond donors (Lipinski definition) is 3. The minimum atomic E-state index is -0.420. The number of aliphatic hydroxyl groups is 1. The summed E-state index contributed by atoms with van der Waals surface area (Å²) >= 11 is 0. The molecule has 0 spiro atoms. The Morgan fingerprint density at radius 3 is 2.50 bits per heavy atom. The highest BCUT2D eigenvalue weighted by molar-refractivity contribution is 4.64. The second-order valence-corrected chi connectivity index (χ2v) is 2.53. The number of hydrogen-bond acceptors (Lipinski definition) is 3. The lowest BCUT2D eigenvalue weighted by molar-refractivity contribution is 0.137. The minimum absolute atomic E-state index is 0.366. The molecule has 3 nitrogen and oxygen atoms in total. The molecule has 0 rings (SSSR count). The van der Waals surface area contributed by atoms with Crippen LogP contribution >= 0.6 is 0 Å². The van der Waals surface area contributed by atoms with E-state index in [4.69, 9.17) is 10.8 Å². The van der Waals surface area contributed by atoms with Crippen molar-refractivity contribution in [3.8, 4) is 0 Å². The van der Waals surface area contributed by atoms with Gasteiger partial charge in [0.25, 0.3) is 0 Å². The summed E-state index contributed by atoms with van der Waals surface area (Å²) in [4.78, 5) is 0. The van der Waals surface area contributed by atoms with Crippen molar-refractivity contribution in [2.75, 3.05) is 6.54 Å². The van der Waals surface area contributed by atoms with Crippen LogP contribution in [0.25, 0.3) is 0 Å². The fourth-order valence-corrected chi connectivity index (χ4v) is 0.948. The molecular formula is C7H18N2O. The zero-order valence-corrected chi connectivity index (χ0v) is 6.80. The van der Waals surface area contributed by atoms with Gasteiger partial charge in [-0.15, -0.1) is 0 Å². The first kappa shape index (κ1) is 9.88. The van der Waals surface area contributed by atoms with E-state index in [1.54, 1.807) is 6.92 Å². The molecule has 0 bridgehead atoms. The zero-order chi connectivity index (χ0) is 7.98. The molecule has 0 saturated heterocycles. The molecule has 10 heavy (non-hydrogen) atoms. The zero-order valence-electron chi connectivity index (χ0n) is 6.80. The maximum atomic E-state index is 8.93. The van der Waals surface area contributed by atoms with Gasteiger partial charge in [0.05, 0.1) is 0 Å². The number of rotatable bonds is 5. The van der Waals surface area contributed by atoms with Gasteiger partial charge in [0.15, 0.2) is 0 Å². The van der Waals surface area contributed by atoms with Gasteiger partial charge < -0.3 is 10.8 Å². The number of nitrogens with two attached hydrogens (primary N) is 1. The molecule has 0 aromatic heterocycles. The van der Waals surface area contributed by atoms with E-state index >= 15 is 0 Å². The van der Waals surface area contributed by atoms with Crippen molar-refractivity contribution in [3.63, 3.8) is 0 Å². The van der Waals surface area contributed by atoms with Gasteiger partial charge in [-0.05, 0) is 26.3 Å². The average Bonchev–Trinajstić information content (AvgIpc) is 1.86. The summed E-state index contributed by atoms with van der Waals surface area (Å²) in [6.45, 7) is 4.48. The van der Waals surface area contributed by atoms with E-state index in [2.05, 4.69) is 12.2 Å². The summed E-state index contributed by atoms with van der Waals surface area (Å²) in [5.74, 6) is 0. The minimum Gasteiger partial charge on any atom is -0.379 e. The van der Waals surface area contributed by atoms with E-state index in [9.17, 15) is 0 Å². The van der Waals surface area contributed by atoms with Crippen molar-refractivity contribution < 1.29 is 5.11 Å². The highest BCUT2D eigenvalue weighted by Crippen LogP contribution is 1.95. The summed E-state index contributed by atoms with van der Waals surface area (Å²) in [6, 6.07) is 0.366. The lowest BCUT2D eigenvalue weighted by Gasteiger charge is -2.17. The molecule has 4 N–H and O–H groups in total. The Hall–Kier alpha value is -0.120. The van der Waals surface area contributed by atoms with Gasteiger partial charge in [-0.3, -0.25) is 5.32 Å². The van der Waals surface area contributed by atoms with E-state index in [1.807, 2.05) is 0 Å². The van der Waals surface area contributed by atoms with Crippen LogP contribution < -0.4 is 11.1 Å². The predicted molar refractivity (Wildman–Crippen MR) is 42.6 cm³/mol. The van der Waals surface area contributed by atoms with Crippen molar-refractivity contribution >= 4 is 0 Å². The Kier molecular flexibility index (Phi) is 5.58. The molecule has 0 heterocycles. The van der Waals surface area contributed by atoms with Gasteiger partial charge in [-0.25, -0.2) is 0 Å². The molecule has 2 atom stereocenters. The van der Waals surface area contributed by atoms with Crippen LogP contribution in [0, 0.1) is 0 Å². The van der Waals surface area contributed by atoms with Crippen LogP contribution in [0.5, 0.6) is 0 Å². The molecule has 2 unspecified atom stereocenters. The monoisotopic (exact) mass is 146 g/mol. The van der Waals surface area contributed by atoms with E-state index in [0.717, 1.165) is 12.8 Å². The van der Waals surface area contributed by atoms with E-state index in [1.165, 1.54) is 0 Å². The molecule has 0 radical (unpaired) electrons. The SMILES string of the molecule is CCC(CCN)NC(C)O. The highest BCUT2D eigenvalue weighted by Gasteiger charge is 2.05.